The van der Waals surface area contributed by atoms with Crippen LogP contribution in [0.15, 0.2) is 30.3 Å². The molecule has 8 nitrogen and oxygen atoms in total. The van der Waals surface area contributed by atoms with Crippen LogP contribution in [0.2, 0.25) is 0 Å². The van der Waals surface area contributed by atoms with Gasteiger partial charge in [0.05, 0.1) is 6.26 Å². The maximum Gasteiger partial charge on any atom is 0.315 e. The van der Waals surface area contributed by atoms with E-state index in [2.05, 4.69) is 15.4 Å². The molecule has 1 atom stereocenters. The van der Waals surface area contributed by atoms with Gasteiger partial charge in [-0.15, -0.1) is 0 Å². The number of nitrogens with one attached hydrogen (secondary N) is 3. The summed E-state index contributed by atoms with van der Waals surface area (Å²) in [5.41, 5.74) is 0.638. The van der Waals surface area contributed by atoms with E-state index in [0.29, 0.717) is 18.7 Å². The summed E-state index contributed by atoms with van der Waals surface area (Å²) in [6, 6.07) is 8.58. The fourth-order valence-corrected chi connectivity index (χ4v) is 3.16. The van der Waals surface area contributed by atoms with Crippen molar-refractivity contribution in [1.29, 1.82) is 0 Å². The first-order valence-corrected chi connectivity index (χ1v) is 10.1. The van der Waals surface area contributed by atoms with Crippen molar-refractivity contribution in [2.24, 2.45) is 0 Å². The lowest BCUT2D eigenvalue weighted by molar-refractivity contribution is 0.0697. The standard InChI is InChI=1S/C16H24N4O4S/c1-25(23,24)18-10-9-17-16(22)19-14-8-5-11-20(12-14)15(21)13-6-3-2-4-7-13/h2-4,6-7,14,18H,5,8-12H2,1H3,(H2,17,19,22)/t14-/m1/s1. The Morgan fingerprint density at radius 3 is 2.60 bits per heavy atom. The Morgan fingerprint density at radius 2 is 1.92 bits per heavy atom. The zero-order valence-corrected chi connectivity index (χ0v) is 15.0. The largest absolute Gasteiger partial charge is 0.337 e. The Bertz CT molecular complexity index is 693. The molecule has 0 spiro atoms. The Balaban J connectivity index is 1.77. The van der Waals surface area contributed by atoms with Crippen LogP contribution >= 0.6 is 0 Å². The molecule has 138 valence electrons. The molecule has 1 fully saturated rings. The van der Waals surface area contributed by atoms with E-state index < -0.39 is 10.0 Å². The van der Waals surface area contributed by atoms with E-state index in [1.165, 1.54) is 0 Å². The van der Waals surface area contributed by atoms with E-state index in [-0.39, 0.29) is 31.1 Å². The average molecular weight is 368 g/mol. The highest BCUT2D eigenvalue weighted by Gasteiger charge is 2.25. The Morgan fingerprint density at radius 1 is 1.20 bits per heavy atom. The zero-order chi connectivity index (χ0) is 18.3. The van der Waals surface area contributed by atoms with Crippen LogP contribution < -0.4 is 15.4 Å². The van der Waals surface area contributed by atoms with Gasteiger partial charge in [0, 0.05) is 37.8 Å². The number of carbonyl (C=O) groups excluding carboxylic acids is 2. The second-order valence-electron chi connectivity index (χ2n) is 6.02. The minimum Gasteiger partial charge on any atom is -0.337 e. The summed E-state index contributed by atoms with van der Waals surface area (Å²) in [4.78, 5) is 26.1. The number of sulfonamides is 1. The Hall–Kier alpha value is -2.13. The van der Waals surface area contributed by atoms with E-state index in [1.807, 2.05) is 18.2 Å². The summed E-state index contributed by atoms with van der Waals surface area (Å²) < 4.78 is 24.2. The third-order valence-electron chi connectivity index (χ3n) is 3.84. The van der Waals surface area contributed by atoms with Crippen molar-refractivity contribution >= 4 is 22.0 Å². The van der Waals surface area contributed by atoms with E-state index in [1.54, 1.807) is 17.0 Å². The van der Waals surface area contributed by atoms with Crippen molar-refractivity contribution in [2.45, 2.75) is 18.9 Å². The fourth-order valence-electron chi connectivity index (χ4n) is 2.69. The van der Waals surface area contributed by atoms with Gasteiger partial charge in [-0.2, -0.15) is 0 Å². The van der Waals surface area contributed by atoms with Crippen molar-refractivity contribution in [3.8, 4) is 0 Å². The van der Waals surface area contributed by atoms with Crippen LogP contribution in [-0.4, -0.2) is 63.7 Å². The summed E-state index contributed by atoms with van der Waals surface area (Å²) in [5.74, 6) is -0.0372. The second-order valence-corrected chi connectivity index (χ2v) is 7.86. The number of likely N-dealkylation sites (tertiary alicyclic amines) is 1. The van der Waals surface area contributed by atoms with Crippen molar-refractivity contribution in [3.63, 3.8) is 0 Å². The molecule has 0 radical (unpaired) electrons. The minimum atomic E-state index is -3.26. The number of benzene rings is 1. The highest BCUT2D eigenvalue weighted by atomic mass is 32.2. The van der Waals surface area contributed by atoms with Crippen LogP contribution in [0.1, 0.15) is 23.2 Å². The maximum atomic E-state index is 12.5. The zero-order valence-electron chi connectivity index (χ0n) is 14.2. The van der Waals surface area contributed by atoms with Gasteiger partial charge in [0.1, 0.15) is 0 Å². The van der Waals surface area contributed by atoms with Gasteiger partial charge in [-0.3, -0.25) is 4.79 Å². The van der Waals surface area contributed by atoms with Gasteiger partial charge in [0.15, 0.2) is 0 Å². The average Bonchev–Trinajstić information content (AvgIpc) is 2.58. The first-order chi connectivity index (χ1) is 11.8. The topological polar surface area (TPSA) is 108 Å². The quantitative estimate of drug-likeness (QED) is 0.621. The molecule has 1 aromatic rings. The van der Waals surface area contributed by atoms with Gasteiger partial charge < -0.3 is 15.5 Å². The summed E-state index contributed by atoms with van der Waals surface area (Å²) in [7, 11) is -3.26. The van der Waals surface area contributed by atoms with Crippen molar-refractivity contribution < 1.29 is 18.0 Å². The highest BCUT2D eigenvalue weighted by molar-refractivity contribution is 7.88. The van der Waals surface area contributed by atoms with Gasteiger partial charge in [0.2, 0.25) is 10.0 Å². The number of urea groups is 1. The van der Waals surface area contributed by atoms with Crippen LogP contribution in [-0.2, 0) is 10.0 Å². The van der Waals surface area contributed by atoms with Crippen LogP contribution in [0.4, 0.5) is 4.79 Å². The molecule has 0 saturated carbocycles. The third-order valence-corrected chi connectivity index (χ3v) is 4.57. The molecule has 0 aromatic heterocycles. The molecule has 3 N–H and O–H groups in total. The molecule has 1 aliphatic rings. The molecule has 0 bridgehead atoms. The van der Waals surface area contributed by atoms with E-state index in [9.17, 15) is 18.0 Å². The fraction of sp³-hybridized carbons (Fsp3) is 0.500. The molecule has 1 saturated heterocycles. The van der Waals surface area contributed by atoms with Crippen LogP contribution in [0.25, 0.3) is 0 Å². The van der Waals surface area contributed by atoms with Crippen LogP contribution in [0.3, 0.4) is 0 Å². The van der Waals surface area contributed by atoms with Crippen LogP contribution in [0.5, 0.6) is 0 Å². The molecule has 3 amide bonds. The minimum absolute atomic E-state index is 0.0372. The third kappa shape index (κ3) is 6.71. The van der Waals surface area contributed by atoms with Gasteiger partial charge in [-0.05, 0) is 25.0 Å². The van der Waals surface area contributed by atoms with E-state index in [4.69, 9.17) is 0 Å². The summed E-state index contributed by atoms with van der Waals surface area (Å²) in [5, 5.41) is 5.43. The highest BCUT2D eigenvalue weighted by Crippen LogP contribution is 2.13. The molecule has 9 heteroatoms. The second kappa shape index (κ2) is 8.82. The lowest BCUT2D eigenvalue weighted by Gasteiger charge is -2.33. The first-order valence-electron chi connectivity index (χ1n) is 8.18. The maximum absolute atomic E-state index is 12.5. The first kappa shape index (κ1) is 19.2. The molecule has 1 aliphatic heterocycles. The summed E-state index contributed by atoms with van der Waals surface area (Å²) in [6.07, 6.45) is 2.68. The number of nitrogens with zero attached hydrogens (tertiary/aromatic N) is 1. The number of rotatable bonds is 6. The molecule has 2 rings (SSSR count). The molecule has 1 aromatic carbocycles. The van der Waals surface area contributed by atoms with Crippen molar-refractivity contribution in [1.82, 2.24) is 20.3 Å². The number of carbonyl (C=O) groups is 2. The van der Waals surface area contributed by atoms with E-state index in [0.717, 1.165) is 19.1 Å². The number of amides is 3. The molecule has 0 unspecified atom stereocenters. The molecule has 0 aliphatic carbocycles. The predicted molar refractivity (Wildman–Crippen MR) is 94.7 cm³/mol. The van der Waals surface area contributed by atoms with Crippen LogP contribution in [0, 0.1) is 0 Å². The van der Waals surface area contributed by atoms with Crippen molar-refractivity contribution in [2.75, 3.05) is 32.4 Å². The summed E-state index contributed by atoms with van der Waals surface area (Å²) in [6.45, 7) is 1.46. The number of hydrogen-bond acceptors (Lipinski definition) is 4. The van der Waals surface area contributed by atoms with Gasteiger partial charge in [-0.1, -0.05) is 18.2 Å². The molecular weight excluding hydrogens is 344 g/mol. The Labute approximate surface area is 148 Å². The van der Waals surface area contributed by atoms with Crippen molar-refractivity contribution in [3.05, 3.63) is 35.9 Å². The predicted octanol–water partition coefficient (Wildman–Crippen LogP) is 0.140. The van der Waals surface area contributed by atoms with Gasteiger partial charge in [-0.25, -0.2) is 17.9 Å². The smallest absolute Gasteiger partial charge is 0.315 e. The summed E-state index contributed by atoms with van der Waals surface area (Å²) >= 11 is 0. The lowest BCUT2D eigenvalue weighted by Crippen LogP contribution is -2.52. The molecule has 25 heavy (non-hydrogen) atoms. The Kier molecular flexibility index (Phi) is 6.77. The van der Waals surface area contributed by atoms with Gasteiger partial charge >= 0.3 is 6.03 Å². The van der Waals surface area contributed by atoms with E-state index >= 15 is 0 Å². The molecule has 1 heterocycles. The lowest BCUT2D eigenvalue weighted by atomic mass is 10.0. The number of hydrogen-bond donors (Lipinski definition) is 3. The monoisotopic (exact) mass is 368 g/mol. The normalized spacial score (nSPS) is 17.8. The number of piperidine rings is 1. The van der Waals surface area contributed by atoms with Gasteiger partial charge in [0.25, 0.3) is 5.91 Å². The molecular formula is C16H24N4O4S. The SMILES string of the molecule is CS(=O)(=O)NCCNC(=O)N[C@@H]1CCCN(C(=O)c2ccccc2)C1.